The molecule has 1 aliphatic carbocycles. The molecule has 0 amide bonds. The van der Waals surface area contributed by atoms with E-state index < -0.39 is 0 Å². The zero-order valence-electron chi connectivity index (χ0n) is 10.9. The third kappa shape index (κ3) is 2.96. The average molecular weight is 225 g/mol. The summed E-state index contributed by atoms with van der Waals surface area (Å²) in [6.07, 6.45) is 6.63. The van der Waals surface area contributed by atoms with Gasteiger partial charge in [-0.15, -0.1) is 0 Å². The second-order valence-electron chi connectivity index (χ2n) is 5.90. The molecule has 2 N–H and O–H groups in total. The van der Waals surface area contributed by atoms with Crippen molar-refractivity contribution in [1.29, 1.82) is 0 Å². The summed E-state index contributed by atoms with van der Waals surface area (Å²) in [5.41, 5.74) is 6.18. The Morgan fingerprint density at radius 2 is 1.81 bits per heavy atom. The van der Waals surface area contributed by atoms with E-state index in [0.29, 0.717) is 12.1 Å². The van der Waals surface area contributed by atoms with Gasteiger partial charge in [-0.25, -0.2) is 0 Å². The van der Waals surface area contributed by atoms with Gasteiger partial charge in [0.25, 0.3) is 0 Å². The standard InChI is InChI=1S/C13H27N3/c1-15(2)10-11-6-8-16(9-7-11)13-5-3-4-12(13)14/h11-13H,3-10,14H2,1-2H3. The molecule has 3 heteroatoms. The smallest absolute Gasteiger partial charge is 0.0247 e. The van der Waals surface area contributed by atoms with Gasteiger partial charge in [0.2, 0.25) is 0 Å². The first-order valence-electron chi connectivity index (χ1n) is 6.81. The van der Waals surface area contributed by atoms with Crippen LogP contribution < -0.4 is 5.73 Å². The molecule has 0 aromatic heterocycles. The molecule has 2 atom stereocenters. The highest BCUT2D eigenvalue weighted by molar-refractivity contribution is 4.90. The highest BCUT2D eigenvalue weighted by Gasteiger charge is 2.31. The first kappa shape index (κ1) is 12.3. The molecule has 2 aliphatic rings. The number of likely N-dealkylation sites (tertiary alicyclic amines) is 1. The maximum absolute atomic E-state index is 6.18. The van der Waals surface area contributed by atoms with Gasteiger partial charge >= 0.3 is 0 Å². The minimum absolute atomic E-state index is 0.449. The van der Waals surface area contributed by atoms with Crippen LogP contribution >= 0.6 is 0 Å². The second-order valence-corrected chi connectivity index (χ2v) is 5.90. The molecule has 16 heavy (non-hydrogen) atoms. The van der Waals surface area contributed by atoms with Crippen molar-refractivity contribution in [2.24, 2.45) is 11.7 Å². The first-order chi connectivity index (χ1) is 7.66. The summed E-state index contributed by atoms with van der Waals surface area (Å²) in [6, 6.07) is 1.14. The van der Waals surface area contributed by atoms with Crippen LogP contribution in [0, 0.1) is 5.92 Å². The highest BCUT2D eigenvalue weighted by Crippen LogP contribution is 2.27. The van der Waals surface area contributed by atoms with Crippen LogP contribution in [0.1, 0.15) is 32.1 Å². The quantitative estimate of drug-likeness (QED) is 0.782. The van der Waals surface area contributed by atoms with E-state index in [1.807, 2.05) is 0 Å². The van der Waals surface area contributed by atoms with Crippen molar-refractivity contribution in [2.75, 3.05) is 33.7 Å². The van der Waals surface area contributed by atoms with Crippen LogP contribution in [0.4, 0.5) is 0 Å². The van der Waals surface area contributed by atoms with Crippen molar-refractivity contribution in [3.63, 3.8) is 0 Å². The van der Waals surface area contributed by atoms with Gasteiger partial charge in [0.05, 0.1) is 0 Å². The number of nitrogens with zero attached hydrogens (tertiary/aromatic N) is 2. The summed E-state index contributed by atoms with van der Waals surface area (Å²) < 4.78 is 0. The van der Waals surface area contributed by atoms with Crippen LogP contribution in [0.15, 0.2) is 0 Å². The van der Waals surface area contributed by atoms with E-state index in [2.05, 4.69) is 23.9 Å². The molecule has 2 unspecified atom stereocenters. The van der Waals surface area contributed by atoms with Gasteiger partial charge in [0, 0.05) is 18.6 Å². The fourth-order valence-electron chi connectivity index (χ4n) is 3.41. The Labute approximate surface area is 100.0 Å². The minimum Gasteiger partial charge on any atom is -0.326 e. The third-order valence-corrected chi connectivity index (χ3v) is 4.27. The zero-order chi connectivity index (χ0) is 11.5. The van der Waals surface area contributed by atoms with E-state index in [0.717, 1.165) is 5.92 Å². The van der Waals surface area contributed by atoms with Gasteiger partial charge in [-0.1, -0.05) is 6.42 Å². The Morgan fingerprint density at radius 3 is 2.31 bits per heavy atom. The molecular weight excluding hydrogens is 198 g/mol. The number of rotatable bonds is 3. The topological polar surface area (TPSA) is 32.5 Å². The first-order valence-corrected chi connectivity index (χ1v) is 6.81. The van der Waals surface area contributed by atoms with E-state index in [4.69, 9.17) is 5.73 Å². The number of piperidine rings is 1. The molecule has 94 valence electrons. The SMILES string of the molecule is CN(C)CC1CCN(C2CCCC2N)CC1. The maximum atomic E-state index is 6.18. The van der Waals surface area contributed by atoms with E-state index >= 15 is 0 Å². The Bertz CT molecular complexity index is 209. The molecule has 1 aliphatic heterocycles. The molecule has 0 aromatic carbocycles. The predicted molar refractivity (Wildman–Crippen MR) is 68.5 cm³/mol. The minimum atomic E-state index is 0.449. The van der Waals surface area contributed by atoms with Crippen molar-refractivity contribution in [3.8, 4) is 0 Å². The van der Waals surface area contributed by atoms with Crippen LogP contribution in [0.2, 0.25) is 0 Å². The second kappa shape index (κ2) is 5.48. The summed E-state index contributed by atoms with van der Waals surface area (Å²) in [5, 5.41) is 0. The fraction of sp³-hybridized carbons (Fsp3) is 1.00. The molecule has 2 rings (SSSR count). The van der Waals surface area contributed by atoms with Crippen LogP contribution in [0.5, 0.6) is 0 Å². The number of hydrogen-bond donors (Lipinski definition) is 1. The van der Waals surface area contributed by atoms with E-state index in [-0.39, 0.29) is 0 Å². The van der Waals surface area contributed by atoms with E-state index in [1.54, 1.807) is 0 Å². The maximum Gasteiger partial charge on any atom is 0.0247 e. The molecule has 0 aromatic rings. The molecule has 0 radical (unpaired) electrons. The molecule has 1 heterocycles. The summed E-state index contributed by atoms with van der Waals surface area (Å²) in [4.78, 5) is 4.98. The molecular formula is C13H27N3. The Hall–Kier alpha value is -0.120. The van der Waals surface area contributed by atoms with Crippen LogP contribution in [-0.2, 0) is 0 Å². The van der Waals surface area contributed by atoms with Crippen molar-refractivity contribution in [2.45, 2.75) is 44.2 Å². The monoisotopic (exact) mass is 225 g/mol. The van der Waals surface area contributed by atoms with Gasteiger partial charge in [-0.2, -0.15) is 0 Å². The van der Waals surface area contributed by atoms with E-state index in [9.17, 15) is 0 Å². The molecule has 1 saturated heterocycles. The van der Waals surface area contributed by atoms with Crippen molar-refractivity contribution in [1.82, 2.24) is 9.80 Å². The molecule has 2 fully saturated rings. The van der Waals surface area contributed by atoms with Gasteiger partial charge in [0.15, 0.2) is 0 Å². The highest BCUT2D eigenvalue weighted by atomic mass is 15.2. The summed E-state index contributed by atoms with van der Waals surface area (Å²) in [5.74, 6) is 0.906. The predicted octanol–water partition coefficient (Wildman–Crippen LogP) is 1.14. The lowest BCUT2D eigenvalue weighted by atomic mass is 9.94. The summed E-state index contributed by atoms with van der Waals surface area (Å²) >= 11 is 0. The fourth-order valence-corrected chi connectivity index (χ4v) is 3.41. The Kier molecular flexibility index (Phi) is 4.22. The Morgan fingerprint density at radius 1 is 1.12 bits per heavy atom. The van der Waals surface area contributed by atoms with Gasteiger partial charge in [-0.05, 0) is 58.8 Å². The summed E-state index contributed by atoms with van der Waals surface area (Å²) in [6.45, 7) is 3.80. The van der Waals surface area contributed by atoms with Gasteiger partial charge in [-0.3, -0.25) is 4.90 Å². The van der Waals surface area contributed by atoms with Crippen LogP contribution in [-0.4, -0.2) is 55.6 Å². The lowest BCUT2D eigenvalue weighted by molar-refractivity contribution is 0.114. The van der Waals surface area contributed by atoms with E-state index in [1.165, 1.54) is 51.7 Å². The number of nitrogens with two attached hydrogens (primary N) is 1. The Balaban J connectivity index is 1.76. The number of hydrogen-bond acceptors (Lipinski definition) is 3. The summed E-state index contributed by atoms with van der Waals surface area (Å²) in [7, 11) is 4.36. The zero-order valence-corrected chi connectivity index (χ0v) is 10.9. The lowest BCUT2D eigenvalue weighted by Gasteiger charge is -2.38. The lowest BCUT2D eigenvalue weighted by Crippen LogP contribution is -2.48. The molecule has 0 bridgehead atoms. The molecule has 3 nitrogen and oxygen atoms in total. The van der Waals surface area contributed by atoms with Crippen molar-refractivity contribution < 1.29 is 0 Å². The van der Waals surface area contributed by atoms with Gasteiger partial charge < -0.3 is 10.6 Å². The van der Waals surface area contributed by atoms with Crippen LogP contribution in [0.3, 0.4) is 0 Å². The molecule has 1 saturated carbocycles. The van der Waals surface area contributed by atoms with Crippen LogP contribution in [0.25, 0.3) is 0 Å². The third-order valence-electron chi connectivity index (χ3n) is 4.27. The largest absolute Gasteiger partial charge is 0.326 e. The average Bonchev–Trinajstić information content (AvgIpc) is 2.65. The van der Waals surface area contributed by atoms with Crippen molar-refractivity contribution >= 4 is 0 Å². The van der Waals surface area contributed by atoms with Gasteiger partial charge in [0.1, 0.15) is 0 Å². The van der Waals surface area contributed by atoms with Crippen molar-refractivity contribution in [3.05, 3.63) is 0 Å². The molecule has 0 spiro atoms. The normalized spacial score (nSPS) is 33.8.